The number of unbranched alkanes of at least 4 members (excludes halogenated alkanes) is 1. The molecule has 1 aliphatic heterocycles. The summed E-state index contributed by atoms with van der Waals surface area (Å²) in [7, 11) is 0. The molecule has 1 amide bonds. The SMILES string of the molecule is CCCCc1nnc(C(=O)NCCN2CCC(O)CC2)cc1-c1ccc(OC2CCCCC2)cc1. The molecule has 2 N–H and O–H groups in total. The first kappa shape index (κ1) is 25.6. The topological polar surface area (TPSA) is 87.6 Å². The van der Waals surface area contributed by atoms with E-state index in [1.54, 1.807) is 0 Å². The predicted octanol–water partition coefficient (Wildman–Crippen LogP) is 4.38. The van der Waals surface area contributed by atoms with E-state index in [-0.39, 0.29) is 12.0 Å². The van der Waals surface area contributed by atoms with Crippen molar-refractivity contribution in [2.45, 2.75) is 83.3 Å². The van der Waals surface area contributed by atoms with Gasteiger partial charge in [0.15, 0.2) is 5.69 Å². The predicted molar refractivity (Wildman–Crippen MR) is 138 cm³/mol. The van der Waals surface area contributed by atoms with Gasteiger partial charge in [0.05, 0.1) is 17.9 Å². The van der Waals surface area contributed by atoms with Crippen LogP contribution in [0.4, 0.5) is 0 Å². The van der Waals surface area contributed by atoms with E-state index in [0.29, 0.717) is 18.3 Å². The number of hydrogen-bond donors (Lipinski definition) is 2. The summed E-state index contributed by atoms with van der Waals surface area (Å²) in [6.07, 6.45) is 10.7. The number of benzene rings is 1. The van der Waals surface area contributed by atoms with Gasteiger partial charge in [0.1, 0.15) is 5.75 Å². The van der Waals surface area contributed by atoms with Crippen LogP contribution in [0.2, 0.25) is 0 Å². The highest BCUT2D eigenvalue weighted by atomic mass is 16.5. The number of hydrogen-bond acceptors (Lipinski definition) is 6. The lowest BCUT2D eigenvalue weighted by Gasteiger charge is -2.29. The summed E-state index contributed by atoms with van der Waals surface area (Å²) in [5.74, 6) is 0.705. The fourth-order valence-electron chi connectivity index (χ4n) is 4.96. The van der Waals surface area contributed by atoms with Crippen molar-refractivity contribution < 1.29 is 14.6 Å². The molecular weight excluding hydrogens is 440 g/mol. The number of piperidine rings is 1. The van der Waals surface area contributed by atoms with Gasteiger partial charge >= 0.3 is 0 Å². The standard InChI is InChI=1S/C28H40N4O3/c1-2-3-9-26-25(21-10-12-24(13-11-21)35-23-7-5-4-6-8-23)20-27(31-30-26)28(34)29-16-19-32-17-14-22(33)15-18-32/h10-13,20,22-23,33H,2-9,14-19H2,1H3,(H,29,34). The molecule has 0 unspecified atom stereocenters. The monoisotopic (exact) mass is 480 g/mol. The maximum atomic E-state index is 12.8. The van der Waals surface area contributed by atoms with E-state index in [9.17, 15) is 9.90 Å². The lowest BCUT2D eigenvalue weighted by Crippen LogP contribution is -2.40. The first-order chi connectivity index (χ1) is 17.1. The second-order valence-electron chi connectivity index (χ2n) is 9.92. The van der Waals surface area contributed by atoms with Gasteiger partial charge in [-0.1, -0.05) is 31.9 Å². The van der Waals surface area contributed by atoms with E-state index in [4.69, 9.17) is 4.74 Å². The third kappa shape index (κ3) is 7.48. The summed E-state index contributed by atoms with van der Waals surface area (Å²) >= 11 is 0. The van der Waals surface area contributed by atoms with Crippen molar-refractivity contribution in [3.63, 3.8) is 0 Å². The maximum absolute atomic E-state index is 12.8. The largest absolute Gasteiger partial charge is 0.490 e. The van der Waals surface area contributed by atoms with E-state index in [1.807, 2.05) is 18.2 Å². The van der Waals surface area contributed by atoms with Crippen molar-refractivity contribution in [2.24, 2.45) is 0 Å². The van der Waals surface area contributed by atoms with Gasteiger partial charge in [0, 0.05) is 31.7 Å². The Hall–Kier alpha value is -2.51. The van der Waals surface area contributed by atoms with Crippen molar-refractivity contribution in [1.82, 2.24) is 20.4 Å². The van der Waals surface area contributed by atoms with E-state index < -0.39 is 0 Å². The molecule has 0 bridgehead atoms. The highest BCUT2D eigenvalue weighted by Crippen LogP contribution is 2.28. The molecule has 1 aromatic carbocycles. The van der Waals surface area contributed by atoms with Crippen molar-refractivity contribution in [3.05, 3.63) is 41.7 Å². The number of nitrogens with zero attached hydrogens (tertiary/aromatic N) is 3. The normalized spacial score (nSPS) is 17.9. The molecule has 4 rings (SSSR count). The van der Waals surface area contributed by atoms with Gasteiger partial charge in [-0.2, -0.15) is 5.10 Å². The van der Waals surface area contributed by atoms with Crippen LogP contribution < -0.4 is 10.1 Å². The van der Waals surface area contributed by atoms with E-state index in [0.717, 1.165) is 87.2 Å². The van der Waals surface area contributed by atoms with E-state index in [2.05, 4.69) is 39.5 Å². The Morgan fingerprint density at radius 3 is 2.54 bits per heavy atom. The van der Waals surface area contributed by atoms with Crippen molar-refractivity contribution >= 4 is 5.91 Å². The molecular formula is C28H40N4O3. The molecule has 2 aromatic rings. The van der Waals surface area contributed by atoms with Gasteiger partial charge in [-0.15, -0.1) is 5.10 Å². The summed E-state index contributed by atoms with van der Waals surface area (Å²) in [6.45, 7) is 5.23. The van der Waals surface area contributed by atoms with Crippen LogP contribution in [-0.2, 0) is 6.42 Å². The van der Waals surface area contributed by atoms with Crippen molar-refractivity contribution in [1.29, 1.82) is 0 Å². The van der Waals surface area contributed by atoms with E-state index in [1.165, 1.54) is 19.3 Å². The molecule has 0 spiro atoms. The number of nitrogens with one attached hydrogen (secondary N) is 1. The van der Waals surface area contributed by atoms with Crippen LogP contribution in [-0.4, -0.2) is 64.5 Å². The average molecular weight is 481 g/mol. The lowest BCUT2D eigenvalue weighted by molar-refractivity contribution is 0.0803. The minimum absolute atomic E-state index is 0.186. The Kier molecular flexibility index (Phi) is 9.49. The summed E-state index contributed by atoms with van der Waals surface area (Å²) in [4.78, 5) is 15.1. The van der Waals surface area contributed by atoms with Crippen LogP contribution in [0.15, 0.2) is 30.3 Å². The first-order valence-electron chi connectivity index (χ1n) is 13.4. The second kappa shape index (κ2) is 13.0. The number of carbonyl (C=O) groups is 1. The number of ether oxygens (including phenoxy) is 1. The number of aryl methyl sites for hydroxylation is 1. The summed E-state index contributed by atoms with van der Waals surface area (Å²) < 4.78 is 6.19. The molecule has 1 aliphatic carbocycles. The number of aliphatic hydroxyl groups is 1. The van der Waals surface area contributed by atoms with Gasteiger partial charge in [0.2, 0.25) is 0 Å². The lowest BCUT2D eigenvalue weighted by atomic mass is 9.97. The fourth-order valence-corrected chi connectivity index (χ4v) is 4.96. The fraction of sp³-hybridized carbons (Fsp3) is 0.607. The Morgan fingerprint density at radius 1 is 1.09 bits per heavy atom. The molecule has 2 fully saturated rings. The molecule has 1 saturated heterocycles. The Labute approximate surface area is 209 Å². The summed E-state index contributed by atoms with van der Waals surface area (Å²) in [5, 5.41) is 21.4. The van der Waals surface area contributed by atoms with Crippen molar-refractivity contribution in [3.8, 4) is 16.9 Å². The highest BCUT2D eigenvalue weighted by Gasteiger charge is 2.19. The highest BCUT2D eigenvalue weighted by molar-refractivity contribution is 5.93. The number of aliphatic hydroxyl groups excluding tert-OH is 1. The summed E-state index contributed by atoms with van der Waals surface area (Å²) in [6, 6.07) is 10.1. The molecule has 0 radical (unpaired) electrons. The Bertz CT molecular complexity index is 936. The maximum Gasteiger partial charge on any atom is 0.271 e. The molecule has 190 valence electrons. The van der Waals surface area contributed by atoms with Gasteiger partial charge in [-0.3, -0.25) is 4.79 Å². The molecule has 2 heterocycles. The number of likely N-dealkylation sites (tertiary alicyclic amines) is 1. The second-order valence-corrected chi connectivity index (χ2v) is 9.92. The minimum atomic E-state index is -0.199. The third-order valence-corrected chi connectivity index (χ3v) is 7.16. The number of amides is 1. The van der Waals surface area contributed by atoms with Crippen LogP contribution >= 0.6 is 0 Å². The quantitative estimate of drug-likeness (QED) is 0.525. The molecule has 0 atom stereocenters. The zero-order valence-corrected chi connectivity index (χ0v) is 21.0. The van der Waals surface area contributed by atoms with Crippen LogP contribution in [0.3, 0.4) is 0 Å². The molecule has 1 saturated carbocycles. The van der Waals surface area contributed by atoms with Gasteiger partial charge in [-0.25, -0.2) is 0 Å². The molecule has 35 heavy (non-hydrogen) atoms. The third-order valence-electron chi connectivity index (χ3n) is 7.16. The molecule has 2 aliphatic rings. The molecule has 7 heteroatoms. The van der Waals surface area contributed by atoms with Gasteiger partial charge in [0.25, 0.3) is 5.91 Å². The molecule has 1 aromatic heterocycles. The number of aromatic nitrogens is 2. The van der Waals surface area contributed by atoms with Crippen LogP contribution in [0.25, 0.3) is 11.1 Å². The zero-order valence-electron chi connectivity index (χ0n) is 21.0. The van der Waals surface area contributed by atoms with Gasteiger partial charge < -0.3 is 20.1 Å². The first-order valence-corrected chi connectivity index (χ1v) is 13.4. The van der Waals surface area contributed by atoms with Crippen LogP contribution in [0.1, 0.15) is 80.9 Å². The smallest absolute Gasteiger partial charge is 0.271 e. The minimum Gasteiger partial charge on any atom is -0.490 e. The number of rotatable bonds is 10. The number of carbonyl (C=O) groups excluding carboxylic acids is 1. The van der Waals surface area contributed by atoms with E-state index >= 15 is 0 Å². The van der Waals surface area contributed by atoms with Crippen LogP contribution in [0, 0.1) is 0 Å². The molecule has 7 nitrogen and oxygen atoms in total. The van der Waals surface area contributed by atoms with Gasteiger partial charge in [-0.05, 0) is 75.1 Å². The Balaban J connectivity index is 1.41. The Morgan fingerprint density at radius 2 is 1.83 bits per heavy atom. The van der Waals surface area contributed by atoms with Crippen molar-refractivity contribution in [2.75, 3.05) is 26.2 Å². The summed E-state index contributed by atoms with van der Waals surface area (Å²) in [5.41, 5.74) is 3.27. The average Bonchev–Trinajstić information content (AvgIpc) is 2.89. The van der Waals surface area contributed by atoms with Crippen LogP contribution in [0.5, 0.6) is 5.75 Å². The zero-order chi connectivity index (χ0) is 24.5.